The van der Waals surface area contributed by atoms with Gasteiger partial charge in [0.15, 0.2) is 0 Å². The molecule has 19 heavy (non-hydrogen) atoms. The number of nitrogens with one attached hydrogen (secondary N) is 1. The molecule has 108 valence electrons. The van der Waals surface area contributed by atoms with Crippen LogP contribution in [0.2, 0.25) is 0 Å². The topological polar surface area (TPSA) is 58.6 Å². The van der Waals surface area contributed by atoms with Crippen LogP contribution in [0.3, 0.4) is 0 Å². The Bertz CT molecular complexity index is 321. The number of ether oxygens (including phenoxy) is 1. The van der Waals surface area contributed by atoms with E-state index in [1.165, 1.54) is 6.42 Å². The third-order valence-electron chi connectivity index (χ3n) is 3.73. The Morgan fingerprint density at radius 2 is 2.00 bits per heavy atom. The average Bonchev–Trinajstić information content (AvgIpc) is 3.21. The number of hydrogen-bond acceptors (Lipinski definition) is 4. The van der Waals surface area contributed by atoms with E-state index in [1.807, 2.05) is 0 Å². The van der Waals surface area contributed by atoms with E-state index in [0.717, 1.165) is 38.6 Å². The molecule has 2 rings (SSSR count). The van der Waals surface area contributed by atoms with E-state index in [2.05, 4.69) is 5.32 Å². The van der Waals surface area contributed by atoms with Gasteiger partial charge in [0.25, 0.3) is 0 Å². The van der Waals surface area contributed by atoms with Crippen molar-refractivity contribution >= 4 is 11.9 Å². The molecule has 1 heterocycles. The van der Waals surface area contributed by atoms with Gasteiger partial charge in [0, 0.05) is 6.04 Å². The number of rotatable bonds is 5. The van der Waals surface area contributed by atoms with Crippen LogP contribution in [0.1, 0.15) is 45.4 Å². The molecule has 0 radical (unpaired) electrons. The molecular formula is C14H24N2O3. The Hall–Kier alpha value is -1.10. The van der Waals surface area contributed by atoms with Gasteiger partial charge in [0.1, 0.15) is 6.54 Å². The minimum Gasteiger partial charge on any atom is -0.465 e. The molecule has 1 aliphatic heterocycles. The fraction of sp³-hybridized carbons (Fsp3) is 0.857. The summed E-state index contributed by atoms with van der Waals surface area (Å²) >= 11 is 0. The Balaban J connectivity index is 1.93. The lowest BCUT2D eigenvalue weighted by Gasteiger charge is -2.26. The molecule has 2 aliphatic rings. The first kappa shape index (κ1) is 14.3. The van der Waals surface area contributed by atoms with Crippen LogP contribution in [-0.4, -0.2) is 48.6 Å². The second-order valence-electron chi connectivity index (χ2n) is 5.36. The monoisotopic (exact) mass is 268 g/mol. The van der Waals surface area contributed by atoms with E-state index in [0.29, 0.717) is 6.61 Å². The summed E-state index contributed by atoms with van der Waals surface area (Å²) < 4.78 is 4.96. The predicted octanol–water partition coefficient (Wildman–Crippen LogP) is 1.07. The molecule has 1 atom stereocenters. The highest BCUT2D eigenvalue weighted by Crippen LogP contribution is 2.28. The molecule has 1 aliphatic carbocycles. The Kier molecular flexibility index (Phi) is 5.19. The van der Waals surface area contributed by atoms with Gasteiger partial charge in [-0.2, -0.15) is 0 Å². The Labute approximate surface area is 114 Å². The number of carbonyl (C=O) groups is 2. The molecule has 0 aromatic carbocycles. The van der Waals surface area contributed by atoms with Gasteiger partial charge in [-0.25, -0.2) is 0 Å². The van der Waals surface area contributed by atoms with Crippen LogP contribution in [0, 0.1) is 0 Å². The van der Waals surface area contributed by atoms with Crippen molar-refractivity contribution in [3.05, 3.63) is 0 Å². The molecule has 5 heteroatoms. The fourth-order valence-electron chi connectivity index (χ4n) is 2.56. The second-order valence-corrected chi connectivity index (χ2v) is 5.36. The summed E-state index contributed by atoms with van der Waals surface area (Å²) in [6.45, 7) is 3.16. The highest BCUT2D eigenvalue weighted by molar-refractivity contribution is 5.86. The van der Waals surface area contributed by atoms with Crippen molar-refractivity contribution in [1.29, 1.82) is 0 Å². The van der Waals surface area contributed by atoms with Crippen LogP contribution in [0.15, 0.2) is 0 Å². The minimum atomic E-state index is -0.295. The quantitative estimate of drug-likeness (QED) is 0.758. The highest BCUT2D eigenvalue weighted by Gasteiger charge is 2.37. The summed E-state index contributed by atoms with van der Waals surface area (Å²) in [5, 5.41) is 3.31. The molecule has 0 aromatic heterocycles. The molecule has 1 amide bonds. The molecule has 1 unspecified atom stereocenters. The molecule has 0 bridgehead atoms. The van der Waals surface area contributed by atoms with Gasteiger partial charge in [-0.1, -0.05) is 12.8 Å². The second kappa shape index (κ2) is 6.89. The maximum absolute atomic E-state index is 12.5. The third kappa shape index (κ3) is 4.20. The lowest BCUT2D eigenvalue weighted by molar-refractivity contribution is -0.150. The Morgan fingerprint density at radius 1 is 1.21 bits per heavy atom. The van der Waals surface area contributed by atoms with Gasteiger partial charge >= 0.3 is 5.97 Å². The van der Waals surface area contributed by atoms with Crippen LogP contribution in [0.4, 0.5) is 0 Å². The van der Waals surface area contributed by atoms with Gasteiger partial charge in [-0.3, -0.25) is 9.59 Å². The van der Waals surface area contributed by atoms with Crippen molar-refractivity contribution in [2.45, 2.75) is 57.5 Å². The van der Waals surface area contributed by atoms with Gasteiger partial charge in [0.05, 0.1) is 12.6 Å². The third-order valence-corrected chi connectivity index (χ3v) is 3.73. The maximum atomic E-state index is 12.5. The molecule has 0 spiro atoms. The average molecular weight is 268 g/mol. The lowest BCUT2D eigenvalue weighted by atomic mass is 10.1. The first-order valence-corrected chi connectivity index (χ1v) is 7.42. The minimum absolute atomic E-state index is 0.0810. The lowest BCUT2D eigenvalue weighted by Crippen LogP contribution is -2.49. The number of esters is 1. The summed E-state index contributed by atoms with van der Waals surface area (Å²) in [4.78, 5) is 25.9. The number of carbonyl (C=O) groups excluding carboxylic acids is 2. The van der Waals surface area contributed by atoms with E-state index < -0.39 is 0 Å². The summed E-state index contributed by atoms with van der Waals surface area (Å²) in [5.41, 5.74) is 0. The van der Waals surface area contributed by atoms with Crippen molar-refractivity contribution in [2.75, 3.05) is 19.7 Å². The molecule has 5 nitrogen and oxygen atoms in total. The van der Waals surface area contributed by atoms with E-state index in [9.17, 15) is 9.59 Å². The molecule has 1 saturated carbocycles. The summed E-state index contributed by atoms with van der Waals surface area (Å²) in [7, 11) is 0. The molecule has 1 saturated heterocycles. The van der Waals surface area contributed by atoms with Gasteiger partial charge in [-0.15, -0.1) is 0 Å². The zero-order chi connectivity index (χ0) is 13.7. The normalized spacial score (nSPS) is 23.5. The van der Waals surface area contributed by atoms with Crippen molar-refractivity contribution < 1.29 is 14.3 Å². The van der Waals surface area contributed by atoms with Crippen molar-refractivity contribution in [1.82, 2.24) is 10.2 Å². The molecule has 1 N–H and O–H groups in total. The summed E-state index contributed by atoms with van der Waals surface area (Å²) in [5.74, 6) is -0.214. The Morgan fingerprint density at radius 3 is 2.68 bits per heavy atom. The van der Waals surface area contributed by atoms with E-state index >= 15 is 0 Å². The van der Waals surface area contributed by atoms with Crippen LogP contribution in [-0.2, 0) is 14.3 Å². The standard InChI is InChI=1S/C14H24N2O3/c1-2-19-13(17)10-16(11-7-8-11)14(18)12-6-4-3-5-9-15-12/h11-12,15H,2-10H2,1H3. The van der Waals surface area contributed by atoms with E-state index in [-0.39, 0.29) is 30.5 Å². The number of hydrogen-bond donors (Lipinski definition) is 1. The molecule has 0 aromatic rings. The smallest absolute Gasteiger partial charge is 0.325 e. The van der Waals surface area contributed by atoms with Crippen LogP contribution < -0.4 is 5.32 Å². The van der Waals surface area contributed by atoms with Crippen molar-refractivity contribution in [3.63, 3.8) is 0 Å². The van der Waals surface area contributed by atoms with Crippen LogP contribution in [0.5, 0.6) is 0 Å². The first-order valence-electron chi connectivity index (χ1n) is 7.42. The SMILES string of the molecule is CCOC(=O)CN(C(=O)C1CCCCCN1)C1CC1. The van der Waals surface area contributed by atoms with Crippen molar-refractivity contribution in [2.24, 2.45) is 0 Å². The van der Waals surface area contributed by atoms with E-state index in [1.54, 1.807) is 11.8 Å². The first-order chi connectivity index (χ1) is 9.22. The number of nitrogens with zero attached hydrogens (tertiary/aromatic N) is 1. The zero-order valence-electron chi connectivity index (χ0n) is 11.7. The van der Waals surface area contributed by atoms with E-state index in [4.69, 9.17) is 4.74 Å². The highest BCUT2D eigenvalue weighted by atomic mass is 16.5. The maximum Gasteiger partial charge on any atom is 0.325 e. The summed E-state index contributed by atoms with van der Waals surface area (Å²) in [6, 6.07) is 0.138. The van der Waals surface area contributed by atoms with Crippen LogP contribution >= 0.6 is 0 Å². The van der Waals surface area contributed by atoms with Gasteiger partial charge in [-0.05, 0) is 39.2 Å². The molecular weight excluding hydrogens is 244 g/mol. The van der Waals surface area contributed by atoms with Gasteiger partial charge in [0.2, 0.25) is 5.91 Å². The number of amides is 1. The predicted molar refractivity (Wildman–Crippen MR) is 71.6 cm³/mol. The summed E-state index contributed by atoms with van der Waals surface area (Å²) in [6.07, 6.45) is 6.30. The largest absolute Gasteiger partial charge is 0.465 e. The van der Waals surface area contributed by atoms with Gasteiger partial charge < -0.3 is 15.0 Å². The molecule has 2 fully saturated rings. The van der Waals surface area contributed by atoms with Crippen LogP contribution in [0.25, 0.3) is 0 Å². The zero-order valence-corrected chi connectivity index (χ0v) is 11.7. The van der Waals surface area contributed by atoms with Crippen molar-refractivity contribution in [3.8, 4) is 0 Å². The fourth-order valence-corrected chi connectivity index (χ4v) is 2.56.